The summed E-state index contributed by atoms with van der Waals surface area (Å²) in [7, 11) is -0.0410. The monoisotopic (exact) mass is 216 g/mol. The number of allylic oxidation sites excluding steroid dienone is 2. The molecule has 2 rings (SSSR count). The third-order valence-electron chi connectivity index (χ3n) is 3.25. The van der Waals surface area contributed by atoms with Crippen molar-refractivity contribution < 1.29 is 4.74 Å². The summed E-state index contributed by atoms with van der Waals surface area (Å²) < 4.78 is 5.41. The van der Waals surface area contributed by atoms with E-state index in [-0.39, 0.29) is 15.1 Å². The van der Waals surface area contributed by atoms with Crippen molar-refractivity contribution in [1.29, 1.82) is 0 Å². The van der Waals surface area contributed by atoms with Crippen LogP contribution in [0.15, 0.2) is 12.2 Å². The lowest BCUT2D eigenvalue weighted by Gasteiger charge is -2.17. The number of halogens is 1. The van der Waals surface area contributed by atoms with Crippen molar-refractivity contribution in [3.8, 4) is 0 Å². The van der Waals surface area contributed by atoms with Crippen LogP contribution in [0.1, 0.15) is 19.8 Å². The molecule has 2 aliphatic carbocycles. The lowest BCUT2D eigenvalue weighted by molar-refractivity contribution is 0.160. The van der Waals surface area contributed by atoms with E-state index in [2.05, 4.69) is 12.2 Å². The van der Waals surface area contributed by atoms with E-state index in [1.165, 1.54) is 12.8 Å². The summed E-state index contributed by atoms with van der Waals surface area (Å²) in [6.07, 6.45) is 8.66. The van der Waals surface area contributed by atoms with Gasteiger partial charge >= 0.3 is 0 Å². The molecule has 4 atom stereocenters. The molecule has 1 fully saturated rings. The van der Waals surface area contributed by atoms with Gasteiger partial charge in [-0.3, -0.25) is 0 Å². The molecule has 2 bridgehead atoms. The third kappa shape index (κ3) is 2.36. The van der Waals surface area contributed by atoms with Crippen molar-refractivity contribution in [2.45, 2.75) is 30.9 Å². The minimum Gasteiger partial charge on any atom is -0.367 e. The molecule has 0 aliphatic heterocycles. The molecule has 0 aromatic carbocycles. The van der Waals surface area contributed by atoms with E-state index in [9.17, 15) is 0 Å². The van der Waals surface area contributed by atoms with Crippen LogP contribution in [-0.2, 0) is 4.74 Å². The molecule has 0 amide bonds. The summed E-state index contributed by atoms with van der Waals surface area (Å²) in [6.45, 7) is 1.90. The van der Waals surface area contributed by atoms with Crippen LogP contribution in [-0.4, -0.2) is 21.3 Å². The second-order valence-corrected chi connectivity index (χ2v) is 6.89. The van der Waals surface area contributed by atoms with Gasteiger partial charge in [-0.25, -0.2) is 0 Å². The molecule has 0 saturated heterocycles. The molecular formula is C10H17ClOSi. The van der Waals surface area contributed by atoms with Gasteiger partial charge in [-0.15, -0.1) is 0 Å². The maximum Gasteiger partial charge on any atom is 0.127 e. The predicted octanol–water partition coefficient (Wildman–Crippen LogP) is 2.10. The maximum absolute atomic E-state index is 5.73. The second kappa shape index (κ2) is 4.16. The first-order valence-electron chi connectivity index (χ1n) is 5.19. The van der Waals surface area contributed by atoms with Gasteiger partial charge in [0.25, 0.3) is 0 Å². The van der Waals surface area contributed by atoms with Crippen molar-refractivity contribution in [1.82, 2.24) is 0 Å². The Morgan fingerprint density at radius 1 is 1.54 bits per heavy atom. The van der Waals surface area contributed by atoms with E-state index in [1.807, 2.05) is 6.92 Å². The average molecular weight is 217 g/mol. The van der Waals surface area contributed by atoms with Gasteiger partial charge in [-0.05, 0) is 37.1 Å². The van der Waals surface area contributed by atoms with E-state index >= 15 is 0 Å². The van der Waals surface area contributed by atoms with Crippen LogP contribution in [0.5, 0.6) is 0 Å². The summed E-state index contributed by atoms with van der Waals surface area (Å²) in [6, 6.07) is 0. The van der Waals surface area contributed by atoms with Crippen LogP contribution < -0.4 is 0 Å². The summed E-state index contributed by atoms with van der Waals surface area (Å²) in [5.41, 5.74) is 0.909. The summed E-state index contributed by atoms with van der Waals surface area (Å²) in [5.74, 6) is 1.82. The molecular weight excluding hydrogens is 200 g/mol. The van der Waals surface area contributed by atoms with E-state index in [4.69, 9.17) is 16.3 Å². The van der Waals surface area contributed by atoms with Gasteiger partial charge < -0.3 is 4.74 Å². The molecule has 0 radical (unpaired) electrons. The fourth-order valence-corrected chi connectivity index (χ4v) is 5.08. The Morgan fingerprint density at radius 2 is 2.38 bits per heavy atom. The normalized spacial score (nSPS) is 39.4. The first-order valence-corrected chi connectivity index (χ1v) is 7.45. The van der Waals surface area contributed by atoms with Gasteiger partial charge in [0.1, 0.15) is 5.56 Å². The topological polar surface area (TPSA) is 9.23 Å². The second-order valence-electron chi connectivity index (χ2n) is 4.24. The summed E-state index contributed by atoms with van der Waals surface area (Å²) in [5, 5.41) is 0. The third-order valence-corrected chi connectivity index (χ3v) is 5.53. The van der Waals surface area contributed by atoms with Gasteiger partial charge in [0, 0.05) is 6.23 Å². The van der Waals surface area contributed by atoms with Crippen molar-refractivity contribution >= 4 is 21.1 Å². The zero-order valence-electron chi connectivity index (χ0n) is 8.08. The first-order chi connectivity index (χ1) is 6.25. The summed E-state index contributed by atoms with van der Waals surface area (Å²) in [4.78, 5) is 0. The van der Waals surface area contributed by atoms with Gasteiger partial charge in [0.15, 0.2) is 0 Å². The first kappa shape index (κ1) is 9.75. The quantitative estimate of drug-likeness (QED) is 0.397. The molecule has 2 aliphatic rings. The minimum absolute atomic E-state index is 0.0410. The molecule has 0 heterocycles. The van der Waals surface area contributed by atoms with Crippen molar-refractivity contribution in [3.05, 3.63) is 12.2 Å². The molecule has 3 heteroatoms. The SMILES string of the molecule is CC(Cl)OC[SiH2]C1CC2C=CC1C2. The molecule has 0 aromatic rings. The van der Waals surface area contributed by atoms with Crippen LogP contribution in [0, 0.1) is 11.8 Å². The molecule has 4 unspecified atom stereocenters. The summed E-state index contributed by atoms with van der Waals surface area (Å²) >= 11 is 5.73. The zero-order chi connectivity index (χ0) is 9.26. The predicted molar refractivity (Wildman–Crippen MR) is 58.9 cm³/mol. The van der Waals surface area contributed by atoms with Crippen molar-refractivity contribution in [2.24, 2.45) is 11.8 Å². The highest BCUT2D eigenvalue weighted by Gasteiger charge is 2.35. The lowest BCUT2D eigenvalue weighted by atomic mass is 10.1. The zero-order valence-corrected chi connectivity index (χ0v) is 10.2. The van der Waals surface area contributed by atoms with Crippen LogP contribution in [0.2, 0.25) is 5.54 Å². The molecule has 13 heavy (non-hydrogen) atoms. The highest BCUT2D eigenvalue weighted by Crippen LogP contribution is 2.46. The fraction of sp³-hybridized carbons (Fsp3) is 0.800. The van der Waals surface area contributed by atoms with Crippen LogP contribution >= 0.6 is 11.6 Å². The molecule has 1 saturated carbocycles. The van der Waals surface area contributed by atoms with E-state index in [0.717, 1.165) is 23.6 Å². The Morgan fingerprint density at radius 3 is 2.92 bits per heavy atom. The van der Waals surface area contributed by atoms with Crippen LogP contribution in [0.3, 0.4) is 0 Å². The van der Waals surface area contributed by atoms with Crippen LogP contribution in [0.4, 0.5) is 0 Å². The van der Waals surface area contributed by atoms with Gasteiger partial charge in [-0.1, -0.05) is 23.8 Å². The Kier molecular flexibility index (Phi) is 3.12. The number of rotatable bonds is 4. The van der Waals surface area contributed by atoms with Crippen molar-refractivity contribution in [2.75, 3.05) is 6.23 Å². The standard InChI is InChI=1S/C10H17ClOSi/c1-7(11)12-6-13-10-5-8-2-3-9(10)4-8/h2-3,7-10H,4-6,13H2,1H3. The fourth-order valence-electron chi connectivity index (χ4n) is 2.61. The Hall–Kier alpha value is 0.207. The average Bonchev–Trinajstić information content (AvgIpc) is 2.64. The molecule has 74 valence electrons. The van der Waals surface area contributed by atoms with Gasteiger partial charge in [-0.2, -0.15) is 0 Å². The maximum atomic E-state index is 5.73. The smallest absolute Gasteiger partial charge is 0.127 e. The molecule has 0 N–H and O–H groups in total. The Bertz CT molecular complexity index is 205. The largest absolute Gasteiger partial charge is 0.367 e. The minimum atomic E-state index is -0.0957. The van der Waals surface area contributed by atoms with E-state index < -0.39 is 0 Å². The molecule has 0 spiro atoms. The highest BCUT2D eigenvalue weighted by molar-refractivity contribution is 6.37. The Balaban J connectivity index is 1.69. The van der Waals surface area contributed by atoms with Gasteiger partial charge in [0.05, 0.1) is 9.52 Å². The number of alkyl halides is 1. The number of hydrogen-bond donors (Lipinski definition) is 0. The van der Waals surface area contributed by atoms with E-state index in [0.29, 0.717) is 0 Å². The number of fused-ring (bicyclic) bond motifs is 2. The van der Waals surface area contributed by atoms with Crippen molar-refractivity contribution in [3.63, 3.8) is 0 Å². The number of ether oxygens (including phenoxy) is 1. The molecule has 0 aromatic heterocycles. The van der Waals surface area contributed by atoms with E-state index in [1.54, 1.807) is 0 Å². The highest BCUT2D eigenvalue weighted by atomic mass is 35.5. The Labute approximate surface area is 87.3 Å². The lowest BCUT2D eigenvalue weighted by Crippen LogP contribution is -2.16. The number of hydrogen-bond acceptors (Lipinski definition) is 1. The van der Waals surface area contributed by atoms with Gasteiger partial charge in [0.2, 0.25) is 0 Å². The molecule has 1 nitrogen and oxygen atoms in total. The van der Waals surface area contributed by atoms with Crippen LogP contribution in [0.25, 0.3) is 0 Å².